The van der Waals surface area contributed by atoms with E-state index in [1.807, 2.05) is 12.1 Å². The van der Waals surface area contributed by atoms with E-state index < -0.39 is 11.1 Å². The van der Waals surface area contributed by atoms with Gasteiger partial charge in [0.1, 0.15) is 18.1 Å². The van der Waals surface area contributed by atoms with E-state index in [1.165, 1.54) is 0 Å². The molecule has 0 N–H and O–H groups in total. The summed E-state index contributed by atoms with van der Waals surface area (Å²) in [6.07, 6.45) is 5.68. The van der Waals surface area contributed by atoms with Crippen LogP contribution in [0.2, 0.25) is 5.02 Å². The Kier molecular flexibility index (Phi) is 6.29. The lowest BCUT2D eigenvalue weighted by Gasteiger charge is -2.22. The van der Waals surface area contributed by atoms with Crippen molar-refractivity contribution < 1.29 is 18.8 Å². The standard InChI is InChI=1S/C22H21ClN2O4S/c23-16-7-5-15(6-8-16)18-10-9-17(29-18)13-19-21(27)25(22(28)30-19)14-20(26)24-11-3-1-2-4-12-24/h5-10,13H,1-4,11-12,14H2. The van der Waals surface area contributed by atoms with Gasteiger partial charge in [-0.2, -0.15) is 0 Å². The van der Waals surface area contributed by atoms with Crippen LogP contribution in [0.5, 0.6) is 0 Å². The molecular weight excluding hydrogens is 424 g/mol. The topological polar surface area (TPSA) is 70.8 Å². The Morgan fingerprint density at radius 3 is 2.43 bits per heavy atom. The fourth-order valence-electron chi connectivity index (χ4n) is 3.52. The summed E-state index contributed by atoms with van der Waals surface area (Å²) in [5, 5.41) is 0.202. The number of imide groups is 1. The zero-order valence-corrected chi connectivity index (χ0v) is 17.9. The van der Waals surface area contributed by atoms with E-state index in [2.05, 4.69) is 0 Å². The molecule has 1 aromatic heterocycles. The van der Waals surface area contributed by atoms with Gasteiger partial charge in [0.25, 0.3) is 11.1 Å². The summed E-state index contributed by atoms with van der Waals surface area (Å²) in [4.78, 5) is 40.6. The van der Waals surface area contributed by atoms with Gasteiger partial charge in [-0.1, -0.05) is 24.4 Å². The Hall–Kier alpha value is -2.51. The minimum Gasteiger partial charge on any atom is -0.457 e. The van der Waals surface area contributed by atoms with Gasteiger partial charge in [0.05, 0.1) is 4.91 Å². The average molecular weight is 445 g/mol. The minimum atomic E-state index is -0.461. The fourth-order valence-corrected chi connectivity index (χ4v) is 4.46. The third kappa shape index (κ3) is 4.63. The van der Waals surface area contributed by atoms with Crippen molar-refractivity contribution in [3.8, 4) is 11.3 Å². The predicted octanol–water partition coefficient (Wildman–Crippen LogP) is 5.04. The Balaban J connectivity index is 1.45. The zero-order chi connectivity index (χ0) is 21.1. The summed E-state index contributed by atoms with van der Waals surface area (Å²) >= 11 is 6.74. The maximum atomic E-state index is 12.7. The number of likely N-dealkylation sites (tertiary alicyclic amines) is 1. The van der Waals surface area contributed by atoms with Crippen molar-refractivity contribution >= 4 is 46.5 Å². The van der Waals surface area contributed by atoms with E-state index in [9.17, 15) is 14.4 Å². The predicted molar refractivity (Wildman–Crippen MR) is 117 cm³/mol. The van der Waals surface area contributed by atoms with E-state index in [1.54, 1.807) is 35.2 Å². The van der Waals surface area contributed by atoms with Crippen molar-refractivity contribution in [2.45, 2.75) is 25.7 Å². The lowest BCUT2D eigenvalue weighted by atomic mass is 10.2. The molecule has 6 nitrogen and oxygen atoms in total. The third-order valence-electron chi connectivity index (χ3n) is 5.15. The van der Waals surface area contributed by atoms with Gasteiger partial charge < -0.3 is 9.32 Å². The Bertz CT molecular complexity index is 991. The van der Waals surface area contributed by atoms with Crippen LogP contribution < -0.4 is 0 Å². The Labute approximate surface area is 183 Å². The second-order valence-electron chi connectivity index (χ2n) is 7.27. The summed E-state index contributed by atoms with van der Waals surface area (Å²) in [7, 11) is 0. The summed E-state index contributed by atoms with van der Waals surface area (Å²) in [6, 6.07) is 10.8. The molecule has 0 aliphatic carbocycles. The smallest absolute Gasteiger partial charge is 0.294 e. The molecule has 2 aliphatic rings. The average Bonchev–Trinajstić information content (AvgIpc) is 3.16. The summed E-state index contributed by atoms with van der Waals surface area (Å²) < 4.78 is 5.79. The fraction of sp³-hybridized carbons (Fsp3) is 0.318. The number of carbonyl (C=O) groups is 3. The van der Waals surface area contributed by atoms with Crippen molar-refractivity contribution in [2.75, 3.05) is 19.6 Å². The molecule has 3 heterocycles. The number of nitrogens with zero attached hydrogens (tertiary/aromatic N) is 2. The van der Waals surface area contributed by atoms with E-state index in [4.69, 9.17) is 16.0 Å². The van der Waals surface area contributed by atoms with Crippen LogP contribution in [0.4, 0.5) is 4.79 Å². The minimum absolute atomic E-state index is 0.177. The summed E-state index contributed by atoms with van der Waals surface area (Å²) in [5.74, 6) is 0.457. The molecule has 156 valence electrons. The van der Waals surface area contributed by atoms with Crippen LogP contribution in [0.3, 0.4) is 0 Å². The van der Waals surface area contributed by atoms with Gasteiger partial charge in [-0.3, -0.25) is 19.3 Å². The molecule has 2 saturated heterocycles. The molecule has 30 heavy (non-hydrogen) atoms. The van der Waals surface area contributed by atoms with E-state index in [0.717, 1.165) is 47.9 Å². The second kappa shape index (κ2) is 9.10. The molecule has 0 saturated carbocycles. The van der Waals surface area contributed by atoms with Crippen molar-refractivity contribution in [3.63, 3.8) is 0 Å². The highest BCUT2D eigenvalue weighted by atomic mass is 35.5. The van der Waals surface area contributed by atoms with Crippen molar-refractivity contribution in [2.24, 2.45) is 0 Å². The van der Waals surface area contributed by atoms with Crippen molar-refractivity contribution in [1.82, 2.24) is 9.80 Å². The van der Waals surface area contributed by atoms with Gasteiger partial charge >= 0.3 is 0 Å². The van der Waals surface area contributed by atoms with Crippen molar-refractivity contribution in [3.05, 3.63) is 52.1 Å². The van der Waals surface area contributed by atoms with Crippen LogP contribution in [-0.2, 0) is 9.59 Å². The van der Waals surface area contributed by atoms with Gasteiger partial charge in [0.15, 0.2) is 0 Å². The van der Waals surface area contributed by atoms with Gasteiger partial charge in [0, 0.05) is 29.8 Å². The Morgan fingerprint density at radius 1 is 1.03 bits per heavy atom. The molecule has 0 unspecified atom stereocenters. The maximum Gasteiger partial charge on any atom is 0.294 e. The van der Waals surface area contributed by atoms with Gasteiger partial charge in [0.2, 0.25) is 5.91 Å². The molecular formula is C22H21ClN2O4S. The highest BCUT2D eigenvalue weighted by Gasteiger charge is 2.37. The molecule has 8 heteroatoms. The quantitative estimate of drug-likeness (QED) is 0.618. The van der Waals surface area contributed by atoms with E-state index in [-0.39, 0.29) is 17.4 Å². The molecule has 0 atom stereocenters. The second-order valence-corrected chi connectivity index (χ2v) is 8.70. The van der Waals surface area contributed by atoms with Gasteiger partial charge in [-0.25, -0.2) is 0 Å². The number of thioether (sulfide) groups is 1. The van der Waals surface area contributed by atoms with Gasteiger partial charge in [-0.15, -0.1) is 0 Å². The van der Waals surface area contributed by atoms with E-state index >= 15 is 0 Å². The number of amides is 3. The number of carbonyl (C=O) groups excluding carboxylic acids is 3. The highest BCUT2D eigenvalue weighted by molar-refractivity contribution is 8.18. The lowest BCUT2D eigenvalue weighted by molar-refractivity contribution is -0.135. The van der Waals surface area contributed by atoms with Gasteiger partial charge in [-0.05, 0) is 61.0 Å². The SMILES string of the molecule is O=C(CN1C(=O)SC(=Cc2ccc(-c3ccc(Cl)cc3)o2)C1=O)N1CCCCCC1. The first-order valence-corrected chi connectivity index (χ1v) is 11.1. The first kappa shape index (κ1) is 20.8. The van der Waals surface area contributed by atoms with Crippen LogP contribution >= 0.6 is 23.4 Å². The molecule has 0 radical (unpaired) electrons. The lowest BCUT2D eigenvalue weighted by Crippen LogP contribution is -2.42. The number of benzene rings is 1. The van der Waals surface area contributed by atoms with Crippen LogP contribution in [0, 0.1) is 0 Å². The number of halogens is 1. The third-order valence-corrected chi connectivity index (χ3v) is 6.31. The summed E-state index contributed by atoms with van der Waals surface area (Å²) in [5.41, 5.74) is 0.857. The molecule has 2 aliphatic heterocycles. The van der Waals surface area contributed by atoms with Crippen LogP contribution in [-0.4, -0.2) is 46.5 Å². The number of hydrogen-bond acceptors (Lipinski definition) is 5. The monoisotopic (exact) mass is 444 g/mol. The Morgan fingerprint density at radius 2 is 1.73 bits per heavy atom. The van der Waals surface area contributed by atoms with Crippen LogP contribution in [0.15, 0.2) is 45.7 Å². The van der Waals surface area contributed by atoms with Crippen LogP contribution in [0.25, 0.3) is 17.4 Å². The molecule has 4 rings (SSSR count). The summed E-state index contributed by atoms with van der Waals surface area (Å²) in [6.45, 7) is 1.16. The largest absolute Gasteiger partial charge is 0.457 e. The molecule has 2 aromatic rings. The van der Waals surface area contributed by atoms with Crippen molar-refractivity contribution in [1.29, 1.82) is 0 Å². The molecule has 1 aromatic carbocycles. The molecule has 2 fully saturated rings. The molecule has 0 bridgehead atoms. The first-order valence-electron chi connectivity index (χ1n) is 9.90. The van der Waals surface area contributed by atoms with E-state index in [0.29, 0.717) is 29.6 Å². The van der Waals surface area contributed by atoms with Crippen LogP contribution in [0.1, 0.15) is 31.4 Å². The zero-order valence-electron chi connectivity index (χ0n) is 16.3. The normalized spacial score (nSPS) is 18.9. The number of hydrogen-bond donors (Lipinski definition) is 0. The number of rotatable bonds is 4. The maximum absolute atomic E-state index is 12.7. The molecule has 3 amide bonds. The highest BCUT2D eigenvalue weighted by Crippen LogP contribution is 2.33. The first-order chi connectivity index (χ1) is 14.5. The molecule has 0 spiro atoms. The number of furan rings is 1.